The summed E-state index contributed by atoms with van der Waals surface area (Å²) in [5, 5.41) is 7.61. The van der Waals surface area contributed by atoms with E-state index in [0.717, 1.165) is 16.7 Å². The van der Waals surface area contributed by atoms with Crippen LogP contribution in [0.5, 0.6) is 0 Å². The molecule has 0 bridgehead atoms. The monoisotopic (exact) mass is 282 g/mol. The average molecular weight is 282 g/mol. The Morgan fingerprint density at radius 1 is 1.19 bits per heavy atom. The molecule has 0 radical (unpaired) electrons. The van der Waals surface area contributed by atoms with Gasteiger partial charge >= 0.3 is 0 Å². The Kier molecular flexibility index (Phi) is 3.39. The van der Waals surface area contributed by atoms with Gasteiger partial charge in [-0.25, -0.2) is 0 Å². The first-order chi connectivity index (χ1) is 10.1. The van der Waals surface area contributed by atoms with Gasteiger partial charge in [-0.15, -0.1) is 0 Å². The van der Waals surface area contributed by atoms with E-state index in [1.54, 1.807) is 13.0 Å². The molecule has 5 heteroatoms. The van der Waals surface area contributed by atoms with Gasteiger partial charge in [0.2, 0.25) is 0 Å². The first kappa shape index (κ1) is 13.3. The summed E-state index contributed by atoms with van der Waals surface area (Å²) in [4.78, 5) is 12.2. The fourth-order valence-electron chi connectivity index (χ4n) is 2.09. The van der Waals surface area contributed by atoms with Crippen LogP contribution in [-0.2, 0) is 6.42 Å². The third-order valence-corrected chi connectivity index (χ3v) is 3.30. The maximum Gasteiger partial charge on any atom is 0.189 e. The van der Waals surface area contributed by atoms with Crippen LogP contribution in [0.25, 0.3) is 11.3 Å². The van der Waals surface area contributed by atoms with Crippen LogP contribution in [0, 0.1) is 13.8 Å². The van der Waals surface area contributed by atoms with Gasteiger partial charge in [0.1, 0.15) is 6.26 Å². The zero-order chi connectivity index (χ0) is 14.8. The lowest BCUT2D eigenvalue weighted by Gasteiger charge is -1.96. The van der Waals surface area contributed by atoms with Gasteiger partial charge in [-0.2, -0.15) is 0 Å². The van der Waals surface area contributed by atoms with Crippen molar-refractivity contribution in [2.24, 2.45) is 0 Å². The van der Waals surface area contributed by atoms with E-state index in [-0.39, 0.29) is 12.2 Å². The lowest BCUT2D eigenvalue weighted by Crippen LogP contribution is -2.04. The largest absolute Gasteiger partial charge is 0.364 e. The fourth-order valence-corrected chi connectivity index (χ4v) is 2.09. The molecule has 3 rings (SSSR count). The number of aryl methyl sites for hydroxylation is 2. The topological polar surface area (TPSA) is 69.1 Å². The number of benzene rings is 1. The summed E-state index contributed by atoms with van der Waals surface area (Å²) in [5.74, 6) is 0.466. The maximum atomic E-state index is 12.2. The molecule has 0 unspecified atom stereocenters. The second-order valence-corrected chi connectivity index (χ2v) is 4.97. The van der Waals surface area contributed by atoms with E-state index >= 15 is 0 Å². The van der Waals surface area contributed by atoms with Crippen LogP contribution in [0.3, 0.4) is 0 Å². The van der Waals surface area contributed by atoms with Gasteiger partial charge in [0, 0.05) is 23.6 Å². The highest BCUT2D eigenvalue weighted by molar-refractivity contribution is 5.96. The van der Waals surface area contributed by atoms with Gasteiger partial charge in [0.15, 0.2) is 17.2 Å². The zero-order valence-electron chi connectivity index (χ0n) is 11.8. The number of hydrogen-bond acceptors (Lipinski definition) is 5. The van der Waals surface area contributed by atoms with E-state index in [0.29, 0.717) is 17.1 Å². The second-order valence-electron chi connectivity index (χ2n) is 4.97. The van der Waals surface area contributed by atoms with Crippen LogP contribution in [0.15, 0.2) is 45.6 Å². The molecule has 1 aromatic carbocycles. The summed E-state index contributed by atoms with van der Waals surface area (Å²) in [7, 11) is 0. The van der Waals surface area contributed by atoms with Gasteiger partial charge in [-0.05, 0) is 19.9 Å². The predicted octanol–water partition coefficient (Wildman–Crippen LogP) is 3.37. The van der Waals surface area contributed by atoms with Crippen molar-refractivity contribution in [1.29, 1.82) is 0 Å². The summed E-state index contributed by atoms with van der Waals surface area (Å²) >= 11 is 0. The van der Waals surface area contributed by atoms with Crippen molar-refractivity contribution in [3.8, 4) is 11.3 Å². The van der Waals surface area contributed by atoms with Crippen LogP contribution >= 0.6 is 0 Å². The molecule has 0 aliphatic rings. The van der Waals surface area contributed by atoms with Crippen LogP contribution in [0.1, 0.15) is 27.3 Å². The number of carbonyl (C=O) groups excluding carboxylic acids is 1. The minimum atomic E-state index is -0.121. The third kappa shape index (κ3) is 2.76. The van der Waals surface area contributed by atoms with Crippen molar-refractivity contribution in [1.82, 2.24) is 10.3 Å². The maximum absolute atomic E-state index is 12.2. The number of hydrogen-bond donors (Lipinski definition) is 0. The highest BCUT2D eigenvalue weighted by atomic mass is 16.5. The molecule has 0 fully saturated rings. The van der Waals surface area contributed by atoms with E-state index in [2.05, 4.69) is 10.3 Å². The molecule has 0 aliphatic carbocycles. The molecule has 2 aromatic heterocycles. The summed E-state index contributed by atoms with van der Waals surface area (Å²) < 4.78 is 10.1. The first-order valence-electron chi connectivity index (χ1n) is 6.60. The number of nitrogens with zero attached hydrogens (tertiary/aromatic N) is 2. The fraction of sp³-hybridized carbons (Fsp3) is 0.188. The smallest absolute Gasteiger partial charge is 0.189 e. The normalized spacial score (nSPS) is 10.8. The van der Waals surface area contributed by atoms with Crippen molar-refractivity contribution in [3.05, 3.63) is 59.1 Å². The highest BCUT2D eigenvalue weighted by Gasteiger charge is 2.16. The van der Waals surface area contributed by atoms with Crippen molar-refractivity contribution in [2.45, 2.75) is 20.3 Å². The molecule has 3 aromatic rings. The van der Waals surface area contributed by atoms with Crippen molar-refractivity contribution in [2.75, 3.05) is 0 Å². The van der Waals surface area contributed by atoms with Crippen LogP contribution in [0.2, 0.25) is 0 Å². The van der Waals surface area contributed by atoms with Gasteiger partial charge in [0.25, 0.3) is 0 Å². The molecule has 0 N–H and O–H groups in total. The average Bonchev–Trinajstić information content (AvgIpc) is 3.09. The predicted molar refractivity (Wildman–Crippen MR) is 76.0 cm³/mol. The Bertz CT molecular complexity index is 786. The van der Waals surface area contributed by atoms with Crippen LogP contribution in [0.4, 0.5) is 0 Å². The molecule has 5 nitrogen and oxygen atoms in total. The minimum Gasteiger partial charge on any atom is -0.364 e. The minimum absolute atomic E-state index is 0.121. The summed E-state index contributed by atoms with van der Waals surface area (Å²) in [6.07, 6.45) is 1.68. The molecule has 0 aliphatic heterocycles. The standard InChI is InChI=1S/C16H14N2O3/c1-10-4-3-5-12(6-10)16-8-14(18-21-16)15(19)7-13-9-20-17-11(13)2/h3-6,8-9H,7H2,1-2H3. The van der Waals surface area contributed by atoms with Crippen LogP contribution in [-0.4, -0.2) is 16.1 Å². The van der Waals surface area contributed by atoms with E-state index in [4.69, 9.17) is 9.05 Å². The van der Waals surface area contributed by atoms with Crippen molar-refractivity contribution in [3.63, 3.8) is 0 Å². The molecule has 0 amide bonds. The number of ketones is 1. The molecular weight excluding hydrogens is 268 g/mol. The molecular formula is C16H14N2O3. The molecule has 0 saturated carbocycles. The van der Waals surface area contributed by atoms with Crippen LogP contribution < -0.4 is 0 Å². The molecule has 21 heavy (non-hydrogen) atoms. The lowest BCUT2D eigenvalue weighted by molar-refractivity contribution is 0.0984. The number of Topliss-reactive ketones (excluding diaryl/α,β-unsaturated/α-hetero) is 1. The Morgan fingerprint density at radius 3 is 2.76 bits per heavy atom. The van der Waals surface area contributed by atoms with Gasteiger partial charge < -0.3 is 9.05 Å². The van der Waals surface area contributed by atoms with E-state index in [1.807, 2.05) is 31.2 Å². The second kappa shape index (κ2) is 5.36. The SMILES string of the molecule is Cc1cccc(-c2cc(C(=O)Cc3conc3C)no2)c1. The van der Waals surface area contributed by atoms with Crippen molar-refractivity contribution >= 4 is 5.78 Å². The molecule has 106 valence electrons. The van der Waals surface area contributed by atoms with Gasteiger partial charge in [0.05, 0.1) is 5.69 Å². The molecule has 0 saturated heterocycles. The first-order valence-corrected chi connectivity index (χ1v) is 6.60. The van der Waals surface area contributed by atoms with Crippen molar-refractivity contribution < 1.29 is 13.8 Å². The number of carbonyl (C=O) groups is 1. The molecule has 0 spiro atoms. The highest BCUT2D eigenvalue weighted by Crippen LogP contribution is 2.22. The number of aromatic nitrogens is 2. The summed E-state index contributed by atoms with van der Waals surface area (Å²) in [6, 6.07) is 9.51. The number of rotatable bonds is 4. The summed E-state index contributed by atoms with van der Waals surface area (Å²) in [5.41, 5.74) is 3.82. The van der Waals surface area contributed by atoms with Gasteiger partial charge in [-0.3, -0.25) is 4.79 Å². The quantitative estimate of drug-likeness (QED) is 0.686. The van der Waals surface area contributed by atoms with E-state index in [1.165, 1.54) is 6.26 Å². The Hall–Kier alpha value is -2.69. The van der Waals surface area contributed by atoms with E-state index < -0.39 is 0 Å². The molecule has 2 heterocycles. The third-order valence-electron chi connectivity index (χ3n) is 3.30. The Labute approximate surface area is 121 Å². The Morgan fingerprint density at radius 2 is 2.05 bits per heavy atom. The Balaban J connectivity index is 1.82. The molecule has 0 atom stereocenters. The van der Waals surface area contributed by atoms with Gasteiger partial charge in [-0.1, -0.05) is 34.1 Å². The zero-order valence-corrected chi connectivity index (χ0v) is 11.8. The summed E-state index contributed by atoms with van der Waals surface area (Å²) in [6.45, 7) is 3.80. The lowest BCUT2D eigenvalue weighted by atomic mass is 10.1. The van der Waals surface area contributed by atoms with E-state index in [9.17, 15) is 4.79 Å².